The minimum absolute atomic E-state index is 0.574. The highest BCUT2D eigenvalue weighted by molar-refractivity contribution is 8.69. The summed E-state index contributed by atoms with van der Waals surface area (Å²) in [5.74, 6) is 0. The third-order valence-electron chi connectivity index (χ3n) is 2.23. The monoisotopic (exact) mass is 197 g/mol. The summed E-state index contributed by atoms with van der Waals surface area (Å²) in [4.78, 5) is 0. The van der Waals surface area contributed by atoms with Gasteiger partial charge >= 0.3 is 0 Å². The zero-order valence-electron chi connectivity index (χ0n) is 6.90. The minimum Gasteiger partial charge on any atom is -0.304 e. The number of nitrogens with zero attached hydrogens (tertiary/aromatic N) is 1. The summed E-state index contributed by atoms with van der Waals surface area (Å²) in [6, 6.07) is 9.09. The topological polar surface area (TPSA) is 3.24 Å². The van der Waals surface area contributed by atoms with Gasteiger partial charge in [0.05, 0.1) is 5.69 Å². The summed E-state index contributed by atoms with van der Waals surface area (Å²) in [6.45, 7) is 2.23. The van der Waals surface area contributed by atoms with Crippen LogP contribution in [0.2, 0.25) is 0 Å². The van der Waals surface area contributed by atoms with Gasteiger partial charge in [-0.2, -0.15) is 0 Å². The van der Waals surface area contributed by atoms with Crippen LogP contribution in [0.5, 0.6) is 0 Å². The van der Waals surface area contributed by atoms with Gasteiger partial charge in [-0.15, -0.1) is 0 Å². The summed E-state index contributed by atoms with van der Waals surface area (Å²) in [5.41, 5.74) is 2.76. The molecule has 0 saturated heterocycles. The quantitative estimate of drug-likeness (QED) is 0.419. The Labute approximate surface area is 82.1 Å². The lowest BCUT2D eigenvalue weighted by Crippen LogP contribution is -2.19. The molecule has 1 nitrogen and oxygen atoms in total. The van der Waals surface area contributed by atoms with Crippen LogP contribution in [0.1, 0.15) is 12.5 Å². The number of hydrogen-bond acceptors (Lipinski definition) is 3. The molecule has 0 fully saturated rings. The molecule has 0 N–H and O–H groups in total. The minimum atomic E-state index is 0.574. The van der Waals surface area contributed by atoms with Crippen molar-refractivity contribution in [1.82, 2.24) is 0 Å². The number of para-hydroxylation sites is 1. The number of fused-ring (bicyclic) bond motifs is 1. The van der Waals surface area contributed by atoms with Gasteiger partial charge in [-0.25, -0.2) is 0 Å². The zero-order valence-corrected chi connectivity index (χ0v) is 8.61. The summed E-state index contributed by atoms with van der Waals surface area (Å²) < 4.78 is 2.25. The molecule has 0 bridgehead atoms. The van der Waals surface area contributed by atoms with Crippen molar-refractivity contribution in [2.45, 2.75) is 19.4 Å². The average Bonchev–Trinajstić information content (AvgIpc) is 2.40. The van der Waals surface area contributed by atoms with Gasteiger partial charge in [0.25, 0.3) is 0 Å². The summed E-state index contributed by atoms with van der Waals surface area (Å²) in [6.07, 6.45) is 1.14. The maximum absolute atomic E-state index is 4.24. The fraction of sp³-hybridized carbons (Fsp3) is 0.333. The molecule has 0 aliphatic carbocycles. The fourth-order valence-corrected chi connectivity index (χ4v) is 2.91. The predicted octanol–water partition coefficient (Wildman–Crippen LogP) is 2.93. The second-order valence-electron chi connectivity index (χ2n) is 3.09. The van der Waals surface area contributed by atoms with Crippen molar-refractivity contribution in [3.05, 3.63) is 29.8 Å². The van der Waals surface area contributed by atoms with E-state index in [0.29, 0.717) is 6.04 Å². The van der Waals surface area contributed by atoms with Gasteiger partial charge in [0.1, 0.15) is 0 Å². The van der Waals surface area contributed by atoms with E-state index in [9.17, 15) is 0 Å². The normalized spacial score (nSPS) is 21.2. The number of rotatable bonds is 1. The Morgan fingerprint density at radius 3 is 3.00 bits per heavy atom. The molecule has 0 radical (unpaired) electrons. The van der Waals surface area contributed by atoms with Gasteiger partial charge in [0.2, 0.25) is 0 Å². The third kappa shape index (κ3) is 1.21. The highest BCUT2D eigenvalue weighted by Gasteiger charge is 2.24. The van der Waals surface area contributed by atoms with E-state index in [1.54, 1.807) is 0 Å². The molecule has 1 aromatic rings. The van der Waals surface area contributed by atoms with Crippen molar-refractivity contribution < 1.29 is 0 Å². The van der Waals surface area contributed by atoms with Crippen molar-refractivity contribution in [3.8, 4) is 0 Å². The molecular weight excluding hydrogens is 186 g/mol. The molecule has 64 valence electrons. The van der Waals surface area contributed by atoms with Crippen LogP contribution in [-0.4, -0.2) is 6.04 Å². The first-order chi connectivity index (χ1) is 5.83. The van der Waals surface area contributed by atoms with E-state index >= 15 is 0 Å². The van der Waals surface area contributed by atoms with Crippen LogP contribution in [0.3, 0.4) is 0 Å². The molecule has 1 aliphatic rings. The molecule has 1 atom stereocenters. The fourth-order valence-electron chi connectivity index (χ4n) is 1.66. The molecule has 1 aliphatic heterocycles. The van der Waals surface area contributed by atoms with Crippen LogP contribution in [0.25, 0.3) is 0 Å². The van der Waals surface area contributed by atoms with E-state index in [0.717, 1.165) is 6.42 Å². The Bertz CT molecular complexity index is 288. The van der Waals surface area contributed by atoms with Crippen molar-refractivity contribution in [2.24, 2.45) is 0 Å². The SMILES string of the molecule is CC1Cc2ccccc2N1SS. The van der Waals surface area contributed by atoms with Crippen LogP contribution >= 0.6 is 22.6 Å². The molecule has 0 spiro atoms. The summed E-state index contributed by atoms with van der Waals surface area (Å²) >= 11 is 4.24. The molecule has 0 saturated carbocycles. The number of benzene rings is 1. The Kier molecular flexibility index (Phi) is 2.24. The molecule has 1 unspecified atom stereocenters. The molecule has 2 rings (SSSR count). The highest BCUT2D eigenvalue weighted by atomic mass is 33.1. The Hall–Kier alpha value is -0.280. The zero-order chi connectivity index (χ0) is 8.55. The lowest BCUT2D eigenvalue weighted by atomic mass is 10.1. The maximum atomic E-state index is 4.24. The molecule has 1 aromatic carbocycles. The van der Waals surface area contributed by atoms with E-state index in [-0.39, 0.29) is 0 Å². The standard InChI is InChI=1S/C9H11NS2/c1-7-6-8-4-2-3-5-9(8)10(7)12-11/h2-5,7,11H,6H2,1H3. The van der Waals surface area contributed by atoms with Crippen LogP contribution < -0.4 is 4.31 Å². The maximum Gasteiger partial charge on any atom is 0.0513 e. The van der Waals surface area contributed by atoms with Crippen LogP contribution in [0, 0.1) is 0 Å². The number of thiol groups is 1. The highest BCUT2D eigenvalue weighted by Crippen LogP contribution is 2.37. The molecule has 0 amide bonds. The smallest absolute Gasteiger partial charge is 0.0513 e. The van der Waals surface area contributed by atoms with Gasteiger partial charge in [0, 0.05) is 17.0 Å². The lowest BCUT2D eigenvalue weighted by Gasteiger charge is -2.19. The van der Waals surface area contributed by atoms with E-state index in [1.165, 1.54) is 22.2 Å². The van der Waals surface area contributed by atoms with Gasteiger partial charge in [-0.3, -0.25) is 0 Å². The lowest BCUT2D eigenvalue weighted by molar-refractivity contribution is 0.797. The number of anilines is 1. The van der Waals surface area contributed by atoms with E-state index in [2.05, 4.69) is 47.2 Å². The first-order valence-corrected chi connectivity index (χ1v) is 5.84. The van der Waals surface area contributed by atoms with Crippen molar-refractivity contribution in [2.75, 3.05) is 4.31 Å². The second kappa shape index (κ2) is 3.23. The molecule has 3 heteroatoms. The van der Waals surface area contributed by atoms with Gasteiger partial charge in [-0.1, -0.05) is 29.9 Å². The van der Waals surface area contributed by atoms with Crippen LogP contribution in [0.15, 0.2) is 24.3 Å². The molecule has 12 heavy (non-hydrogen) atoms. The van der Waals surface area contributed by atoms with Gasteiger partial charge in [-0.05, 0) is 25.0 Å². The second-order valence-corrected chi connectivity index (χ2v) is 4.14. The van der Waals surface area contributed by atoms with Crippen LogP contribution in [-0.2, 0) is 6.42 Å². The van der Waals surface area contributed by atoms with E-state index in [1.807, 2.05) is 0 Å². The van der Waals surface area contributed by atoms with Crippen molar-refractivity contribution in [1.29, 1.82) is 0 Å². The summed E-state index contributed by atoms with van der Waals surface area (Å²) in [7, 11) is 1.51. The summed E-state index contributed by atoms with van der Waals surface area (Å²) in [5, 5.41) is 0. The average molecular weight is 197 g/mol. The third-order valence-corrected chi connectivity index (χ3v) is 3.49. The first kappa shape index (κ1) is 8.32. The molecule has 0 aromatic heterocycles. The van der Waals surface area contributed by atoms with Crippen LogP contribution in [0.4, 0.5) is 5.69 Å². The number of hydrogen-bond donors (Lipinski definition) is 1. The Morgan fingerprint density at radius 1 is 1.50 bits per heavy atom. The van der Waals surface area contributed by atoms with Crippen molar-refractivity contribution in [3.63, 3.8) is 0 Å². The Balaban J connectivity index is 2.40. The van der Waals surface area contributed by atoms with E-state index < -0.39 is 0 Å². The predicted molar refractivity (Wildman–Crippen MR) is 58.7 cm³/mol. The largest absolute Gasteiger partial charge is 0.304 e. The molecule has 1 heterocycles. The van der Waals surface area contributed by atoms with Crippen molar-refractivity contribution >= 4 is 28.3 Å². The van der Waals surface area contributed by atoms with Gasteiger partial charge < -0.3 is 4.31 Å². The molecular formula is C9H11NS2. The van der Waals surface area contributed by atoms with Gasteiger partial charge in [0.15, 0.2) is 0 Å². The van der Waals surface area contributed by atoms with E-state index in [4.69, 9.17) is 0 Å². The Morgan fingerprint density at radius 2 is 2.25 bits per heavy atom. The first-order valence-electron chi connectivity index (χ1n) is 4.01.